The Bertz CT molecular complexity index is 1080. The van der Waals surface area contributed by atoms with Crippen LogP contribution in [0.3, 0.4) is 0 Å². The number of aromatic nitrogens is 2. The van der Waals surface area contributed by atoms with Gasteiger partial charge in [-0.25, -0.2) is 4.98 Å². The second-order valence-corrected chi connectivity index (χ2v) is 6.75. The number of aromatic amines is 1. The van der Waals surface area contributed by atoms with E-state index in [1.165, 1.54) is 11.1 Å². The zero-order valence-corrected chi connectivity index (χ0v) is 15.7. The summed E-state index contributed by atoms with van der Waals surface area (Å²) in [4.78, 5) is 8.06. The molecule has 0 aliphatic carbocycles. The Morgan fingerprint density at radius 1 is 0.852 bits per heavy atom. The van der Waals surface area contributed by atoms with Gasteiger partial charge >= 0.3 is 0 Å². The van der Waals surface area contributed by atoms with Gasteiger partial charge in [-0.05, 0) is 55.3 Å². The summed E-state index contributed by atoms with van der Waals surface area (Å²) in [6.45, 7) is 4.65. The van der Waals surface area contributed by atoms with E-state index in [4.69, 9.17) is 9.47 Å². The highest BCUT2D eigenvalue weighted by Gasteiger charge is 2.11. The molecular formula is C23H22N2O2. The lowest BCUT2D eigenvalue weighted by Gasteiger charge is -2.12. The molecule has 0 saturated carbocycles. The van der Waals surface area contributed by atoms with Crippen LogP contribution in [-0.2, 0) is 6.61 Å². The number of ether oxygens (including phenoxy) is 2. The van der Waals surface area contributed by atoms with Crippen LogP contribution >= 0.6 is 0 Å². The monoisotopic (exact) mass is 358 g/mol. The van der Waals surface area contributed by atoms with Crippen molar-refractivity contribution in [1.82, 2.24) is 9.97 Å². The van der Waals surface area contributed by atoms with E-state index >= 15 is 0 Å². The van der Waals surface area contributed by atoms with Crippen molar-refractivity contribution in [2.24, 2.45) is 0 Å². The number of methoxy groups -OCH3 is 1. The highest BCUT2D eigenvalue weighted by Crippen LogP contribution is 2.33. The molecule has 0 saturated heterocycles. The van der Waals surface area contributed by atoms with Gasteiger partial charge in [0.1, 0.15) is 12.4 Å². The van der Waals surface area contributed by atoms with E-state index in [1.807, 2.05) is 24.3 Å². The minimum absolute atomic E-state index is 0.500. The Kier molecular flexibility index (Phi) is 4.55. The minimum Gasteiger partial charge on any atom is -0.493 e. The van der Waals surface area contributed by atoms with Crippen LogP contribution in [0.15, 0.2) is 60.7 Å². The normalized spacial score (nSPS) is 10.9. The molecule has 1 aromatic heterocycles. The van der Waals surface area contributed by atoms with Crippen molar-refractivity contribution < 1.29 is 9.47 Å². The van der Waals surface area contributed by atoms with Crippen LogP contribution in [0, 0.1) is 13.8 Å². The van der Waals surface area contributed by atoms with Gasteiger partial charge in [0.2, 0.25) is 0 Å². The molecule has 0 aliphatic heterocycles. The fourth-order valence-corrected chi connectivity index (χ4v) is 3.04. The van der Waals surface area contributed by atoms with E-state index < -0.39 is 0 Å². The molecule has 0 spiro atoms. The number of hydrogen-bond donors (Lipinski definition) is 1. The summed E-state index contributed by atoms with van der Waals surface area (Å²) in [5, 5.41) is 0. The van der Waals surface area contributed by atoms with Crippen molar-refractivity contribution in [3.63, 3.8) is 0 Å². The maximum absolute atomic E-state index is 5.96. The lowest BCUT2D eigenvalue weighted by molar-refractivity contribution is 0.284. The molecule has 1 heterocycles. The van der Waals surface area contributed by atoms with Gasteiger partial charge in [0, 0.05) is 5.56 Å². The molecule has 0 amide bonds. The molecule has 0 aliphatic rings. The molecule has 0 unspecified atom stereocenters. The predicted molar refractivity (Wildman–Crippen MR) is 108 cm³/mol. The number of aryl methyl sites for hydroxylation is 2. The molecule has 136 valence electrons. The summed E-state index contributed by atoms with van der Waals surface area (Å²) in [7, 11) is 1.65. The smallest absolute Gasteiger partial charge is 0.161 e. The standard InChI is InChI=1S/C23H22N2O2/c1-15-4-7-17(8-5-15)14-27-21-11-9-18(13-22(21)26-3)23-24-19-10-6-16(2)12-20(19)25-23/h4-13H,14H2,1-3H3,(H,24,25). The number of rotatable bonds is 5. The Hall–Kier alpha value is -3.27. The number of fused-ring (bicyclic) bond motifs is 1. The molecule has 4 nitrogen and oxygen atoms in total. The molecule has 4 aromatic rings. The first-order valence-corrected chi connectivity index (χ1v) is 8.95. The first kappa shape index (κ1) is 17.2. The number of nitrogens with zero attached hydrogens (tertiary/aromatic N) is 1. The number of nitrogens with one attached hydrogen (secondary N) is 1. The molecule has 1 N–H and O–H groups in total. The van der Waals surface area contributed by atoms with E-state index in [1.54, 1.807) is 7.11 Å². The van der Waals surface area contributed by atoms with Crippen LogP contribution in [0.5, 0.6) is 11.5 Å². The highest BCUT2D eigenvalue weighted by molar-refractivity contribution is 5.80. The fraction of sp³-hybridized carbons (Fsp3) is 0.174. The number of H-pyrrole nitrogens is 1. The average Bonchev–Trinajstić information content (AvgIpc) is 3.10. The lowest BCUT2D eigenvalue weighted by atomic mass is 10.1. The third-order valence-corrected chi connectivity index (χ3v) is 4.59. The van der Waals surface area contributed by atoms with Gasteiger partial charge in [-0.2, -0.15) is 0 Å². The quantitative estimate of drug-likeness (QED) is 0.517. The third-order valence-electron chi connectivity index (χ3n) is 4.59. The van der Waals surface area contributed by atoms with Gasteiger partial charge in [0.05, 0.1) is 18.1 Å². The first-order chi connectivity index (χ1) is 13.1. The van der Waals surface area contributed by atoms with Crippen LogP contribution in [0.2, 0.25) is 0 Å². The Labute approximate surface area is 158 Å². The zero-order chi connectivity index (χ0) is 18.8. The van der Waals surface area contributed by atoms with Crippen LogP contribution < -0.4 is 9.47 Å². The Morgan fingerprint density at radius 3 is 2.41 bits per heavy atom. The van der Waals surface area contributed by atoms with Gasteiger partial charge in [-0.3, -0.25) is 0 Å². The van der Waals surface area contributed by atoms with E-state index in [-0.39, 0.29) is 0 Å². The van der Waals surface area contributed by atoms with Crippen molar-refractivity contribution in [2.45, 2.75) is 20.5 Å². The Morgan fingerprint density at radius 2 is 1.63 bits per heavy atom. The number of imidazole rings is 1. The van der Waals surface area contributed by atoms with Crippen molar-refractivity contribution in [1.29, 1.82) is 0 Å². The second kappa shape index (κ2) is 7.16. The fourth-order valence-electron chi connectivity index (χ4n) is 3.04. The maximum atomic E-state index is 5.96. The van der Waals surface area contributed by atoms with Crippen LogP contribution in [0.25, 0.3) is 22.4 Å². The number of hydrogen-bond acceptors (Lipinski definition) is 3. The van der Waals surface area contributed by atoms with Crippen LogP contribution in [0.4, 0.5) is 0 Å². The molecule has 0 bridgehead atoms. The topological polar surface area (TPSA) is 47.1 Å². The molecule has 4 rings (SSSR count). The average molecular weight is 358 g/mol. The van der Waals surface area contributed by atoms with Gasteiger partial charge in [0.15, 0.2) is 11.5 Å². The summed E-state index contributed by atoms with van der Waals surface area (Å²) in [5.74, 6) is 2.23. The first-order valence-electron chi connectivity index (χ1n) is 8.95. The summed E-state index contributed by atoms with van der Waals surface area (Å²) in [6.07, 6.45) is 0. The number of benzene rings is 3. The molecule has 4 heteroatoms. The van der Waals surface area contributed by atoms with Gasteiger partial charge < -0.3 is 14.5 Å². The largest absolute Gasteiger partial charge is 0.493 e. The van der Waals surface area contributed by atoms with Gasteiger partial charge in [-0.1, -0.05) is 35.9 Å². The second-order valence-electron chi connectivity index (χ2n) is 6.75. The van der Waals surface area contributed by atoms with Crippen molar-refractivity contribution in [3.05, 3.63) is 77.4 Å². The van der Waals surface area contributed by atoms with Crippen molar-refractivity contribution in [3.8, 4) is 22.9 Å². The van der Waals surface area contributed by atoms with Crippen LogP contribution in [0.1, 0.15) is 16.7 Å². The highest BCUT2D eigenvalue weighted by atomic mass is 16.5. The van der Waals surface area contributed by atoms with E-state index in [9.17, 15) is 0 Å². The summed E-state index contributed by atoms with van der Waals surface area (Å²) < 4.78 is 11.5. The van der Waals surface area contributed by atoms with Gasteiger partial charge in [-0.15, -0.1) is 0 Å². The summed E-state index contributed by atoms with van der Waals surface area (Å²) in [5.41, 5.74) is 6.51. The van der Waals surface area contributed by atoms with Crippen LogP contribution in [-0.4, -0.2) is 17.1 Å². The SMILES string of the molecule is COc1cc(-c2nc3ccc(C)cc3[nH]2)ccc1OCc1ccc(C)cc1. The maximum Gasteiger partial charge on any atom is 0.161 e. The molecule has 0 atom stereocenters. The Balaban J connectivity index is 1.59. The van der Waals surface area contributed by atoms with Crippen molar-refractivity contribution in [2.75, 3.05) is 7.11 Å². The molecule has 0 radical (unpaired) electrons. The summed E-state index contributed by atoms with van der Waals surface area (Å²) >= 11 is 0. The predicted octanol–water partition coefficient (Wildman–Crippen LogP) is 5.43. The minimum atomic E-state index is 0.500. The zero-order valence-electron chi connectivity index (χ0n) is 15.7. The molecule has 27 heavy (non-hydrogen) atoms. The van der Waals surface area contributed by atoms with E-state index in [0.29, 0.717) is 18.1 Å². The van der Waals surface area contributed by atoms with Gasteiger partial charge in [0.25, 0.3) is 0 Å². The van der Waals surface area contributed by atoms with E-state index in [2.05, 4.69) is 60.2 Å². The lowest BCUT2D eigenvalue weighted by Crippen LogP contribution is -1.98. The summed E-state index contributed by atoms with van der Waals surface area (Å²) in [6, 6.07) is 20.4. The van der Waals surface area contributed by atoms with Crippen molar-refractivity contribution >= 4 is 11.0 Å². The molecule has 0 fully saturated rings. The molecular weight excluding hydrogens is 336 g/mol. The molecule has 3 aromatic carbocycles. The van der Waals surface area contributed by atoms with E-state index in [0.717, 1.165) is 28.0 Å². The third kappa shape index (κ3) is 3.65.